The smallest absolute Gasteiger partial charge is 0.339 e. The van der Waals surface area contributed by atoms with Crippen molar-refractivity contribution in [3.8, 4) is 0 Å². The summed E-state index contributed by atoms with van der Waals surface area (Å²) < 4.78 is 0. The van der Waals surface area contributed by atoms with Gasteiger partial charge in [-0.1, -0.05) is 24.3 Å². The van der Waals surface area contributed by atoms with E-state index < -0.39 is 0 Å². The quantitative estimate of drug-likeness (QED) is 0.334. The van der Waals surface area contributed by atoms with E-state index in [-0.39, 0.29) is 18.9 Å². The Balaban J connectivity index is 0. The summed E-state index contributed by atoms with van der Waals surface area (Å²) in [5, 5.41) is 0. The number of nitrogens with zero attached hydrogens (tertiary/aromatic N) is 1. The molecule has 0 aromatic rings. The van der Waals surface area contributed by atoms with Gasteiger partial charge in [0, 0.05) is 0 Å². The van der Waals surface area contributed by atoms with Crippen LogP contribution in [0.1, 0.15) is 6.42 Å². The summed E-state index contributed by atoms with van der Waals surface area (Å²) >= 11 is 0. The van der Waals surface area contributed by atoms with Gasteiger partial charge in [-0.3, -0.25) is 0 Å². The second kappa shape index (κ2) is 10.0. The van der Waals surface area contributed by atoms with Gasteiger partial charge in [0.05, 0.1) is 0 Å². The summed E-state index contributed by atoms with van der Waals surface area (Å²) in [6, 6.07) is 0. The molecule has 1 nitrogen and oxygen atoms in total. The van der Waals surface area contributed by atoms with Crippen LogP contribution in [-0.2, 0) is 0 Å². The molecule has 1 aliphatic rings. The maximum absolute atomic E-state index is 3.61. The van der Waals surface area contributed by atoms with Crippen molar-refractivity contribution in [3.63, 3.8) is 0 Å². The van der Waals surface area contributed by atoms with Crippen molar-refractivity contribution in [1.29, 1.82) is 0 Å². The average molecular weight is 145 g/mol. The van der Waals surface area contributed by atoms with E-state index in [1.807, 2.05) is 19.0 Å². The molecule has 0 amide bonds. The molecule has 0 aliphatic heterocycles. The van der Waals surface area contributed by atoms with E-state index in [9.17, 15) is 0 Å². The van der Waals surface area contributed by atoms with Crippen LogP contribution >= 0.6 is 0 Å². The summed E-state index contributed by atoms with van der Waals surface area (Å²) in [4.78, 5) is 2.01. The Hall–Kier alpha value is 0.0374. The maximum Gasteiger partial charge on any atom is 1.00 e. The Morgan fingerprint density at radius 2 is 1.64 bits per heavy atom. The molecule has 0 heterocycles. The normalized spacial score (nSPS) is 12.4. The molecular formula is C9H16LiN. The molecule has 0 atom stereocenters. The molecule has 0 aromatic heterocycles. The molecule has 0 N–H and O–H groups in total. The van der Waals surface area contributed by atoms with Gasteiger partial charge in [0.2, 0.25) is 0 Å². The van der Waals surface area contributed by atoms with Crippen LogP contribution in [-0.4, -0.2) is 25.5 Å². The Kier molecular flexibility index (Phi) is 12.4. The minimum absolute atomic E-state index is 0. The molecule has 0 saturated carbocycles. The fraction of sp³-hybridized carbons (Fsp3) is 0.444. The fourth-order valence-electron chi connectivity index (χ4n) is 0.393. The van der Waals surface area contributed by atoms with Crippen LogP contribution in [0.5, 0.6) is 0 Å². The number of allylic oxidation sites excluding steroid dienone is 4. The van der Waals surface area contributed by atoms with Crippen molar-refractivity contribution >= 4 is 0 Å². The van der Waals surface area contributed by atoms with Crippen molar-refractivity contribution in [1.82, 2.24) is 4.90 Å². The van der Waals surface area contributed by atoms with E-state index >= 15 is 0 Å². The van der Waals surface area contributed by atoms with Crippen LogP contribution in [0.4, 0.5) is 0 Å². The first-order valence-corrected chi connectivity index (χ1v) is 3.53. The Morgan fingerprint density at radius 3 is 1.73 bits per heavy atom. The Morgan fingerprint density at radius 1 is 1.27 bits per heavy atom. The van der Waals surface area contributed by atoms with Crippen LogP contribution in [0, 0.1) is 6.92 Å². The maximum atomic E-state index is 3.61. The van der Waals surface area contributed by atoms with Crippen LogP contribution in [0.15, 0.2) is 24.3 Å². The van der Waals surface area contributed by atoms with E-state index in [4.69, 9.17) is 0 Å². The van der Waals surface area contributed by atoms with Gasteiger partial charge in [-0.05, 0) is 20.5 Å². The Labute approximate surface area is 82.3 Å². The fourth-order valence-corrected chi connectivity index (χ4v) is 0.393. The molecule has 0 fully saturated rings. The topological polar surface area (TPSA) is 3.24 Å². The van der Waals surface area contributed by atoms with Crippen molar-refractivity contribution in [2.45, 2.75) is 6.42 Å². The van der Waals surface area contributed by atoms with Gasteiger partial charge in [-0.25, -0.2) is 0 Å². The third-order valence-electron chi connectivity index (χ3n) is 1.10. The molecule has 0 spiro atoms. The standard InChI is InChI=1S/C5H6.C4H10N.Li/c1-2-4-5-3-1;1-4-5(2)3;/h1-4H,5H2;1,4H2,2-3H3;/q;-1;+1. The molecule has 0 radical (unpaired) electrons. The molecule has 0 aromatic carbocycles. The Bertz CT molecular complexity index is 107. The minimum atomic E-state index is 0. The predicted molar refractivity (Wildman–Crippen MR) is 46.8 cm³/mol. The zero-order valence-corrected chi connectivity index (χ0v) is 7.88. The monoisotopic (exact) mass is 145 g/mol. The van der Waals surface area contributed by atoms with Crippen molar-refractivity contribution in [2.24, 2.45) is 0 Å². The van der Waals surface area contributed by atoms with Gasteiger partial charge in [0.1, 0.15) is 0 Å². The van der Waals surface area contributed by atoms with Crippen LogP contribution < -0.4 is 18.9 Å². The second-order valence-corrected chi connectivity index (χ2v) is 2.40. The zero-order valence-electron chi connectivity index (χ0n) is 7.88. The van der Waals surface area contributed by atoms with Gasteiger partial charge >= 0.3 is 18.9 Å². The predicted octanol–water partition coefficient (Wildman–Crippen LogP) is -1.11. The third-order valence-corrected chi connectivity index (χ3v) is 1.10. The molecule has 1 rings (SSSR count). The summed E-state index contributed by atoms with van der Waals surface area (Å²) in [6.45, 7) is 4.50. The number of rotatable bonds is 1. The van der Waals surface area contributed by atoms with Gasteiger partial charge in [-0.15, -0.1) is 6.54 Å². The molecule has 58 valence electrons. The first kappa shape index (κ1) is 13.6. The van der Waals surface area contributed by atoms with Crippen molar-refractivity contribution < 1.29 is 18.9 Å². The average Bonchev–Trinajstić information content (AvgIpc) is 2.43. The molecule has 1 aliphatic carbocycles. The van der Waals surface area contributed by atoms with Gasteiger partial charge < -0.3 is 11.8 Å². The molecule has 11 heavy (non-hydrogen) atoms. The third kappa shape index (κ3) is 13.1. The first-order valence-electron chi connectivity index (χ1n) is 3.53. The van der Waals surface area contributed by atoms with E-state index in [1.165, 1.54) is 0 Å². The first-order chi connectivity index (χ1) is 4.77. The van der Waals surface area contributed by atoms with E-state index in [1.54, 1.807) is 0 Å². The molecule has 0 unspecified atom stereocenters. The second-order valence-electron chi connectivity index (χ2n) is 2.40. The molecule has 2 heteroatoms. The van der Waals surface area contributed by atoms with Gasteiger partial charge in [0.25, 0.3) is 0 Å². The van der Waals surface area contributed by atoms with Crippen molar-refractivity contribution in [2.75, 3.05) is 20.6 Å². The van der Waals surface area contributed by atoms with E-state index in [2.05, 4.69) is 31.2 Å². The van der Waals surface area contributed by atoms with Gasteiger partial charge in [0.15, 0.2) is 0 Å². The van der Waals surface area contributed by atoms with Gasteiger partial charge in [-0.2, -0.15) is 0 Å². The summed E-state index contributed by atoms with van der Waals surface area (Å²) in [7, 11) is 3.99. The summed E-state index contributed by atoms with van der Waals surface area (Å²) in [5.41, 5.74) is 0. The van der Waals surface area contributed by atoms with Crippen LogP contribution in [0.3, 0.4) is 0 Å². The number of hydrogen-bond donors (Lipinski definition) is 0. The van der Waals surface area contributed by atoms with Crippen molar-refractivity contribution in [3.05, 3.63) is 31.2 Å². The molecule has 0 saturated heterocycles. The summed E-state index contributed by atoms with van der Waals surface area (Å²) in [5.74, 6) is 0. The SMILES string of the molecule is C1=CCC=C1.[CH2-]CN(C)C.[Li+]. The van der Waals surface area contributed by atoms with E-state index in [0.29, 0.717) is 0 Å². The largest absolute Gasteiger partial charge is 1.00 e. The zero-order chi connectivity index (χ0) is 7.82. The summed E-state index contributed by atoms with van der Waals surface area (Å²) in [6.07, 6.45) is 9.50. The minimum Gasteiger partial charge on any atom is -0.339 e. The number of hydrogen-bond acceptors (Lipinski definition) is 1. The van der Waals surface area contributed by atoms with Crippen LogP contribution in [0.25, 0.3) is 0 Å². The van der Waals surface area contributed by atoms with E-state index in [0.717, 1.165) is 13.0 Å². The molecular weight excluding hydrogens is 129 g/mol. The molecule has 0 bridgehead atoms. The van der Waals surface area contributed by atoms with Crippen LogP contribution in [0.2, 0.25) is 0 Å².